The van der Waals surface area contributed by atoms with Crippen LogP contribution in [0, 0.1) is 6.92 Å². The Bertz CT molecular complexity index is 491. The van der Waals surface area contributed by atoms with Gasteiger partial charge in [0, 0.05) is 42.3 Å². The molecule has 1 saturated carbocycles. The minimum Gasteiger partial charge on any atom is -0.336 e. The van der Waals surface area contributed by atoms with Gasteiger partial charge in [0.25, 0.3) is 5.91 Å². The SMILES string of the molecule is Cc1cc(C(=O)N2CCN(C3CC3)CC2)ccc1Br. The Morgan fingerprint density at radius 3 is 2.47 bits per heavy atom. The van der Waals surface area contributed by atoms with E-state index in [1.807, 2.05) is 30.0 Å². The molecule has 1 aromatic rings. The van der Waals surface area contributed by atoms with Crippen LogP contribution in [0.3, 0.4) is 0 Å². The highest BCUT2D eigenvalue weighted by Crippen LogP contribution is 2.27. The molecule has 0 bridgehead atoms. The number of piperazine rings is 1. The lowest BCUT2D eigenvalue weighted by Gasteiger charge is -2.34. The highest BCUT2D eigenvalue weighted by molar-refractivity contribution is 9.10. The fourth-order valence-corrected chi connectivity index (χ4v) is 2.94. The first-order valence-electron chi connectivity index (χ1n) is 6.94. The number of hydrogen-bond acceptors (Lipinski definition) is 2. The third kappa shape index (κ3) is 2.84. The summed E-state index contributed by atoms with van der Waals surface area (Å²) in [5.74, 6) is 0.172. The Kier molecular flexibility index (Phi) is 3.63. The van der Waals surface area contributed by atoms with Crippen LogP contribution in [-0.4, -0.2) is 47.9 Å². The van der Waals surface area contributed by atoms with Crippen LogP contribution in [-0.2, 0) is 0 Å². The molecule has 1 heterocycles. The van der Waals surface area contributed by atoms with Crippen molar-refractivity contribution in [2.75, 3.05) is 26.2 Å². The molecule has 1 saturated heterocycles. The average Bonchev–Trinajstić information content (AvgIpc) is 3.26. The molecule has 2 fully saturated rings. The summed E-state index contributed by atoms with van der Waals surface area (Å²) < 4.78 is 1.06. The van der Waals surface area contributed by atoms with Crippen LogP contribution in [0.25, 0.3) is 0 Å². The first-order valence-corrected chi connectivity index (χ1v) is 7.74. The molecule has 0 unspecified atom stereocenters. The molecule has 0 N–H and O–H groups in total. The Morgan fingerprint density at radius 2 is 1.89 bits per heavy atom. The van der Waals surface area contributed by atoms with Crippen LogP contribution in [0.15, 0.2) is 22.7 Å². The highest BCUT2D eigenvalue weighted by atomic mass is 79.9. The molecule has 19 heavy (non-hydrogen) atoms. The molecular weight excluding hydrogens is 304 g/mol. The lowest BCUT2D eigenvalue weighted by atomic mass is 10.1. The van der Waals surface area contributed by atoms with Crippen molar-refractivity contribution in [2.24, 2.45) is 0 Å². The maximum atomic E-state index is 12.4. The summed E-state index contributed by atoms with van der Waals surface area (Å²) >= 11 is 3.47. The standard InChI is InChI=1S/C15H19BrN2O/c1-11-10-12(2-5-14(11)16)15(19)18-8-6-17(7-9-18)13-3-4-13/h2,5,10,13H,3-4,6-9H2,1H3. The van der Waals surface area contributed by atoms with Crippen molar-refractivity contribution < 1.29 is 4.79 Å². The molecule has 0 radical (unpaired) electrons. The van der Waals surface area contributed by atoms with Gasteiger partial charge in [0.1, 0.15) is 0 Å². The van der Waals surface area contributed by atoms with Crippen LogP contribution in [0.4, 0.5) is 0 Å². The Labute approximate surface area is 122 Å². The van der Waals surface area contributed by atoms with Gasteiger partial charge in [-0.1, -0.05) is 15.9 Å². The van der Waals surface area contributed by atoms with E-state index in [4.69, 9.17) is 0 Å². The van der Waals surface area contributed by atoms with E-state index in [-0.39, 0.29) is 5.91 Å². The number of hydrogen-bond donors (Lipinski definition) is 0. The van der Waals surface area contributed by atoms with Gasteiger partial charge in [0.15, 0.2) is 0 Å². The average molecular weight is 323 g/mol. The lowest BCUT2D eigenvalue weighted by molar-refractivity contribution is 0.0627. The van der Waals surface area contributed by atoms with Gasteiger partial charge in [-0.25, -0.2) is 0 Å². The summed E-state index contributed by atoms with van der Waals surface area (Å²) in [6, 6.07) is 6.65. The summed E-state index contributed by atoms with van der Waals surface area (Å²) in [6.07, 6.45) is 2.69. The van der Waals surface area contributed by atoms with E-state index in [2.05, 4.69) is 20.8 Å². The Balaban J connectivity index is 1.65. The topological polar surface area (TPSA) is 23.6 Å². The molecule has 4 heteroatoms. The van der Waals surface area contributed by atoms with Gasteiger partial charge in [-0.3, -0.25) is 9.69 Å². The fourth-order valence-electron chi connectivity index (χ4n) is 2.69. The maximum Gasteiger partial charge on any atom is 0.253 e. The predicted molar refractivity (Wildman–Crippen MR) is 79.4 cm³/mol. The highest BCUT2D eigenvalue weighted by Gasteiger charge is 2.32. The number of rotatable bonds is 2. The quantitative estimate of drug-likeness (QED) is 0.835. The number of halogens is 1. The predicted octanol–water partition coefficient (Wildman–Crippen LogP) is 2.68. The van der Waals surface area contributed by atoms with Crippen molar-refractivity contribution in [1.82, 2.24) is 9.80 Å². The van der Waals surface area contributed by atoms with Crippen molar-refractivity contribution in [1.29, 1.82) is 0 Å². The van der Waals surface area contributed by atoms with Gasteiger partial charge in [-0.2, -0.15) is 0 Å². The molecule has 102 valence electrons. The van der Waals surface area contributed by atoms with Gasteiger partial charge in [0.05, 0.1) is 0 Å². The smallest absolute Gasteiger partial charge is 0.253 e. The zero-order valence-electron chi connectivity index (χ0n) is 11.2. The first kappa shape index (κ1) is 13.1. The number of benzene rings is 1. The largest absolute Gasteiger partial charge is 0.336 e. The zero-order chi connectivity index (χ0) is 13.4. The molecule has 0 spiro atoms. The van der Waals surface area contributed by atoms with Gasteiger partial charge in [0.2, 0.25) is 0 Å². The van der Waals surface area contributed by atoms with Crippen molar-refractivity contribution >= 4 is 21.8 Å². The molecule has 1 aromatic carbocycles. The second-order valence-corrected chi connectivity index (χ2v) is 6.38. The van der Waals surface area contributed by atoms with E-state index in [0.717, 1.165) is 47.8 Å². The van der Waals surface area contributed by atoms with E-state index >= 15 is 0 Å². The molecule has 2 aliphatic rings. The fraction of sp³-hybridized carbons (Fsp3) is 0.533. The second-order valence-electron chi connectivity index (χ2n) is 5.52. The van der Waals surface area contributed by atoms with Gasteiger partial charge in [-0.15, -0.1) is 0 Å². The number of carbonyl (C=O) groups is 1. The number of carbonyl (C=O) groups excluding carboxylic acids is 1. The van der Waals surface area contributed by atoms with E-state index < -0.39 is 0 Å². The van der Waals surface area contributed by atoms with Gasteiger partial charge < -0.3 is 4.90 Å². The summed E-state index contributed by atoms with van der Waals surface area (Å²) in [7, 11) is 0. The Morgan fingerprint density at radius 1 is 1.21 bits per heavy atom. The van der Waals surface area contributed by atoms with Crippen LogP contribution >= 0.6 is 15.9 Å². The number of amides is 1. The molecule has 1 aliphatic heterocycles. The molecule has 3 nitrogen and oxygen atoms in total. The molecule has 3 rings (SSSR count). The van der Waals surface area contributed by atoms with Gasteiger partial charge >= 0.3 is 0 Å². The third-order valence-electron chi connectivity index (χ3n) is 4.07. The summed E-state index contributed by atoms with van der Waals surface area (Å²) in [4.78, 5) is 17.0. The lowest BCUT2D eigenvalue weighted by Crippen LogP contribution is -2.49. The van der Waals surface area contributed by atoms with Crippen molar-refractivity contribution in [3.63, 3.8) is 0 Å². The van der Waals surface area contributed by atoms with E-state index in [0.29, 0.717) is 0 Å². The third-order valence-corrected chi connectivity index (χ3v) is 4.96. The normalized spacial score (nSPS) is 20.6. The summed E-state index contributed by atoms with van der Waals surface area (Å²) in [6.45, 7) is 5.82. The van der Waals surface area contributed by atoms with Crippen LogP contribution in [0.2, 0.25) is 0 Å². The Hall–Kier alpha value is -0.870. The molecule has 0 atom stereocenters. The van der Waals surface area contributed by atoms with Gasteiger partial charge in [-0.05, 0) is 43.5 Å². The second kappa shape index (κ2) is 5.25. The first-order chi connectivity index (χ1) is 9.15. The summed E-state index contributed by atoms with van der Waals surface area (Å²) in [5.41, 5.74) is 1.92. The molecular formula is C15H19BrN2O. The van der Waals surface area contributed by atoms with E-state index in [1.165, 1.54) is 12.8 Å². The number of aryl methyl sites for hydroxylation is 1. The van der Waals surface area contributed by atoms with Crippen molar-refractivity contribution in [3.8, 4) is 0 Å². The maximum absolute atomic E-state index is 12.4. The number of nitrogens with zero attached hydrogens (tertiary/aromatic N) is 2. The van der Waals surface area contributed by atoms with E-state index in [9.17, 15) is 4.79 Å². The van der Waals surface area contributed by atoms with E-state index in [1.54, 1.807) is 0 Å². The van der Waals surface area contributed by atoms with Crippen LogP contribution in [0.5, 0.6) is 0 Å². The summed E-state index contributed by atoms with van der Waals surface area (Å²) in [5, 5.41) is 0. The minimum absolute atomic E-state index is 0.172. The van der Waals surface area contributed by atoms with Crippen molar-refractivity contribution in [2.45, 2.75) is 25.8 Å². The molecule has 1 aliphatic carbocycles. The van der Waals surface area contributed by atoms with Crippen molar-refractivity contribution in [3.05, 3.63) is 33.8 Å². The monoisotopic (exact) mass is 322 g/mol. The molecule has 0 aromatic heterocycles. The van der Waals surface area contributed by atoms with Crippen LogP contribution < -0.4 is 0 Å². The van der Waals surface area contributed by atoms with Crippen LogP contribution in [0.1, 0.15) is 28.8 Å². The minimum atomic E-state index is 0.172. The zero-order valence-corrected chi connectivity index (χ0v) is 12.8. The molecule has 1 amide bonds.